The molecule has 0 fully saturated rings. The van der Waals surface area contributed by atoms with Crippen molar-refractivity contribution in [3.8, 4) is 17.2 Å². The Hall–Kier alpha value is -3.03. The van der Waals surface area contributed by atoms with Crippen molar-refractivity contribution in [1.82, 2.24) is 25.2 Å². The zero-order chi connectivity index (χ0) is 25.9. The number of fused-ring (bicyclic) bond motifs is 1. The summed E-state index contributed by atoms with van der Waals surface area (Å²) in [5.41, 5.74) is 2.34. The molecule has 0 amide bonds. The monoisotopic (exact) mass is 574 g/mol. The summed E-state index contributed by atoms with van der Waals surface area (Å²) in [6, 6.07) is 3.39. The largest absolute Gasteiger partial charge is 0.493 e. The van der Waals surface area contributed by atoms with Crippen LogP contribution in [0.25, 0.3) is 11.0 Å². The molecule has 0 spiro atoms. The van der Waals surface area contributed by atoms with Crippen LogP contribution in [0, 0.1) is 0 Å². The summed E-state index contributed by atoms with van der Waals surface area (Å²) in [6.07, 6.45) is 4.45. The first kappa shape index (κ1) is 33.0. The Morgan fingerprint density at radius 3 is 2.58 bits per heavy atom. The Labute approximate surface area is 234 Å². The molecule has 0 aliphatic rings. The first-order valence-corrected chi connectivity index (χ1v) is 11.6. The van der Waals surface area contributed by atoms with E-state index in [1.54, 1.807) is 19.2 Å². The molecule has 3 aromatic rings. The second-order valence-corrected chi connectivity index (χ2v) is 8.11. The van der Waals surface area contributed by atoms with Crippen molar-refractivity contribution in [2.24, 2.45) is 0 Å². The molecule has 0 radical (unpaired) electrons. The normalized spacial score (nSPS) is 10.6. The van der Waals surface area contributed by atoms with Crippen molar-refractivity contribution in [3.63, 3.8) is 0 Å². The molecule has 12 nitrogen and oxygen atoms in total. The number of H-pyrrole nitrogens is 1. The Bertz CT molecular complexity index is 1150. The van der Waals surface area contributed by atoms with E-state index in [0.29, 0.717) is 41.8 Å². The summed E-state index contributed by atoms with van der Waals surface area (Å²) in [6.45, 7) is 2.66. The summed E-state index contributed by atoms with van der Waals surface area (Å²) in [5, 5.41) is 16.5. The maximum atomic E-state index is 11.1. The molecule has 14 heteroatoms. The van der Waals surface area contributed by atoms with E-state index in [1.165, 1.54) is 13.4 Å². The number of carboxylic acids is 1. The van der Waals surface area contributed by atoms with E-state index in [9.17, 15) is 4.79 Å². The lowest BCUT2D eigenvalue weighted by Crippen LogP contribution is -2.22. The highest BCUT2D eigenvalue weighted by atomic mass is 35.5. The maximum Gasteiger partial charge on any atom is 0.341 e. The number of rotatable bonds is 16. The molecule has 2 heterocycles. The van der Waals surface area contributed by atoms with Crippen molar-refractivity contribution in [3.05, 3.63) is 30.2 Å². The van der Waals surface area contributed by atoms with Crippen LogP contribution in [-0.4, -0.2) is 92.2 Å². The van der Waals surface area contributed by atoms with Crippen LogP contribution in [0.4, 0.5) is 11.5 Å². The number of benzene rings is 1. The lowest BCUT2D eigenvalue weighted by molar-refractivity contribution is -0.139. The number of aromatic nitrogens is 3. The van der Waals surface area contributed by atoms with Gasteiger partial charge in [0.1, 0.15) is 24.4 Å². The van der Waals surface area contributed by atoms with Crippen molar-refractivity contribution in [2.45, 2.75) is 13.0 Å². The minimum absolute atomic E-state index is 0. The van der Waals surface area contributed by atoms with Gasteiger partial charge in [-0.25, -0.2) is 14.8 Å². The average molecular weight is 575 g/mol. The molecule has 212 valence electrons. The van der Waals surface area contributed by atoms with Gasteiger partial charge in [0, 0.05) is 37.7 Å². The molecule has 0 saturated heterocycles. The molecule has 38 heavy (non-hydrogen) atoms. The number of carbonyl (C=O) groups is 1. The van der Waals surface area contributed by atoms with Gasteiger partial charge in [-0.05, 0) is 39.2 Å². The first-order chi connectivity index (χ1) is 17.5. The van der Waals surface area contributed by atoms with Gasteiger partial charge < -0.3 is 44.6 Å². The zero-order valence-corrected chi connectivity index (χ0v) is 23.5. The van der Waals surface area contributed by atoms with E-state index in [0.717, 1.165) is 30.5 Å². The number of methoxy groups -OCH3 is 2. The fraction of sp³-hybridized carbons (Fsp3) is 0.458. The van der Waals surface area contributed by atoms with Gasteiger partial charge in [-0.1, -0.05) is 0 Å². The number of carboxylic acid groups (broad SMARTS) is 1. The number of aromatic amines is 1. The standard InChI is InChI=1S/C24H34N6O6.2ClH/c1-25-6-5-7-30(2)13-16-12-26-23-21(16)24(28-15-27-23)29-17-10-18(34-4)22(35-9-8-33-3)19(11-17)36-14-20(31)32;;/h10-12,15,25H,5-9,13-14H2,1-4H3,(H,31,32)(H2,26,27,28,29);2*1H. The SMILES string of the molecule is CNCCCN(C)Cc1c[nH]c2ncnc(Nc3cc(OC)c(OCCOC)c(OCC(=O)O)c3)c12.Cl.Cl. The Morgan fingerprint density at radius 2 is 1.89 bits per heavy atom. The van der Waals surface area contributed by atoms with Crippen LogP contribution in [-0.2, 0) is 16.1 Å². The van der Waals surface area contributed by atoms with Crippen LogP contribution in [0.5, 0.6) is 17.2 Å². The summed E-state index contributed by atoms with van der Waals surface area (Å²) < 4.78 is 21.8. The van der Waals surface area contributed by atoms with Gasteiger partial charge in [-0.2, -0.15) is 0 Å². The molecule has 0 atom stereocenters. The minimum atomic E-state index is -1.11. The van der Waals surface area contributed by atoms with Gasteiger partial charge in [0.05, 0.1) is 19.1 Å². The highest BCUT2D eigenvalue weighted by Gasteiger charge is 2.18. The van der Waals surface area contributed by atoms with E-state index in [1.807, 2.05) is 13.2 Å². The van der Waals surface area contributed by atoms with Gasteiger partial charge in [-0.15, -0.1) is 24.8 Å². The van der Waals surface area contributed by atoms with Crippen molar-refractivity contribution >= 4 is 53.3 Å². The zero-order valence-electron chi connectivity index (χ0n) is 21.9. The highest BCUT2D eigenvalue weighted by molar-refractivity contribution is 5.92. The maximum absolute atomic E-state index is 11.1. The molecule has 0 aliphatic heterocycles. The molecule has 3 rings (SSSR count). The van der Waals surface area contributed by atoms with Crippen molar-refractivity contribution in [2.75, 3.05) is 66.5 Å². The summed E-state index contributed by atoms with van der Waals surface area (Å²) in [4.78, 5) is 25.4. The van der Waals surface area contributed by atoms with Crippen LogP contribution in [0.15, 0.2) is 24.7 Å². The molecule has 0 saturated carbocycles. The lowest BCUT2D eigenvalue weighted by Gasteiger charge is -2.18. The molecular weight excluding hydrogens is 539 g/mol. The topological polar surface area (TPSA) is 143 Å². The third kappa shape index (κ3) is 9.07. The molecule has 0 aliphatic carbocycles. The van der Waals surface area contributed by atoms with Gasteiger partial charge >= 0.3 is 5.97 Å². The van der Waals surface area contributed by atoms with Gasteiger partial charge in [0.2, 0.25) is 5.75 Å². The van der Waals surface area contributed by atoms with E-state index in [2.05, 4.69) is 37.5 Å². The fourth-order valence-electron chi connectivity index (χ4n) is 3.70. The number of anilines is 2. The van der Waals surface area contributed by atoms with Gasteiger partial charge in [0.25, 0.3) is 0 Å². The number of halogens is 2. The van der Waals surface area contributed by atoms with E-state index in [-0.39, 0.29) is 37.2 Å². The number of hydrogen-bond donors (Lipinski definition) is 4. The predicted molar refractivity (Wildman–Crippen MR) is 150 cm³/mol. The third-order valence-corrected chi connectivity index (χ3v) is 5.35. The predicted octanol–water partition coefficient (Wildman–Crippen LogP) is 3.08. The van der Waals surface area contributed by atoms with Crippen LogP contribution in [0.3, 0.4) is 0 Å². The average Bonchev–Trinajstić information content (AvgIpc) is 3.27. The number of hydrogen-bond acceptors (Lipinski definition) is 10. The summed E-state index contributed by atoms with van der Waals surface area (Å²) >= 11 is 0. The van der Waals surface area contributed by atoms with E-state index in [4.69, 9.17) is 24.1 Å². The molecule has 1 aromatic carbocycles. The van der Waals surface area contributed by atoms with Crippen LogP contribution >= 0.6 is 24.8 Å². The number of aliphatic carboxylic acids is 1. The van der Waals surface area contributed by atoms with Crippen molar-refractivity contribution < 1.29 is 28.8 Å². The van der Waals surface area contributed by atoms with Crippen molar-refractivity contribution in [1.29, 1.82) is 0 Å². The summed E-state index contributed by atoms with van der Waals surface area (Å²) in [5.74, 6) is 0.377. The molecule has 0 bridgehead atoms. The number of nitrogens with zero attached hydrogens (tertiary/aromatic N) is 3. The minimum Gasteiger partial charge on any atom is -0.493 e. The quantitative estimate of drug-likeness (QED) is 0.187. The van der Waals surface area contributed by atoms with Gasteiger partial charge in [0.15, 0.2) is 18.1 Å². The number of nitrogens with one attached hydrogen (secondary N) is 3. The molecule has 0 unspecified atom stereocenters. The summed E-state index contributed by atoms with van der Waals surface area (Å²) in [7, 11) is 7.08. The number of ether oxygens (including phenoxy) is 4. The Kier molecular flexibility index (Phi) is 14.5. The smallest absolute Gasteiger partial charge is 0.341 e. The second kappa shape index (κ2) is 16.7. The lowest BCUT2D eigenvalue weighted by atomic mass is 10.2. The Morgan fingerprint density at radius 1 is 1.13 bits per heavy atom. The van der Waals surface area contributed by atoms with Crippen LogP contribution in [0.1, 0.15) is 12.0 Å². The molecule has 4 N–H and O–H groups in total. The van der Waals surface area contributed by atoms with Gasteiger partial charge in [-0.3, -0.25) is 0 Å². The van der Waals surface area contributed by atoms with E-state index >= 15 is 0 Å². The highest BCUT2D eigenvalue weighted by Crippen LogP contribution is 2.41. The molecular formula is C24H36Cl2N6O6. The van der Waals surface area contributed by atoms with Crippen LogP contribution < -0.4 is 24.8 Å². The first-order valence-electron chi connectivity index (χ1n) is 11.6. The van der Waals surface area contributed by atoms with E-state index < -0.39 is 12.6 Å². The third-order valence-electron chi connectivity index (χ3n) is 5.35. The molecule has 2 aromatic heterocycles. The second-order valence-electron chi connectivity index (χ2n) is 8.11. The fourth-order valence-corrected chi connectivity index (χ4v) is 3.70. The Balaban J connectivity index is 0.00000361. The van der Waals surface area contributed by atoms with Crippen LogP contribution in [0.2, 0.25) is 0 Å².